The van der Waals surface area contributed by atoms with E-state index in [1.165, 1.54) is 18.2 Å². The van der Waals surface area contributed by atoms with Crippen LogP contribution < -0.4 is 5.32 Å². The molecule has 2 heterocycles. The minimum absolute atomic E-state index is 0.118. The first-order chi connectivity index (χ1) is 11.5. The number of aromatic hydroxyl groups is 1. The van der Waals surface area contributed by atoms with Crippen molar-refractivity contribution >= 4 is 23.9 Å². The summed E-state index contributed by atoms with van der Waals surface area (Å²) >= 11 is 0. The van der Waals surface area contributed by atoms with Crippen LogP contribution in [-0.4, -0.2) is 52.4 Å². The summed E-state index contributed by atoms with van der Waals surface area (Å²) in [6.07, 6.45) is 4.53. The lowest BCUT2D eigenvalue weighted by atomic mass is 10.1. The molecule has 0 saturated carbocycles. The highest BCUT2D eigenvalue weighted by Gasteiger charge is 2.35. The molecule has 2 fully saturated rings. The SMILES string of the molecule is O=C(CN1C(=O)N/C(=C\c2ccc(O)cc2)C1=O)N1CCCCC1. The second-order valence-corrected chi connectivity index (χ2v) is 5.91. The molecular weight excluding hydrogens is 310 g/mol. The molecule has 0 atom stereocenters. The molecule has 2 aliphatic heterocycles. The van der Waals surface area contributed by atoms with Crippen molar-refractivity contribution in [3.63, 3.8) is 0 Å². The molecule has 0 unspecified atom stereocenters. The number of hydrogen-bond donors (Lipinski definition) is 2. The highest BCUT2D eigenvalue weighted by molar-refractivity contribution is 6.15. The Labute approximate surface area is 139 Å². The van der Waals surface area contributed by atoms with Gasteiger partial charge in [0.2, 0.25) is 5.91 Å². The van der Waals surface area contributed by atoms with E-state index in [2.05, 4.69) is 5.32 Å². The van der Waals surface area contributed by atoms with Crippen LogP contribution in [0.25, 0.3) is 6.08 Å². The number of amides is 4. The van der Waals surface area contributed by atoms with Crippen LogP contribution in [0.1, 0.15) is 24.8 Å². The van der Waals surface area contributed by atoms with E-state index in [-0.39, 0.29) is 23.9 Å². The van der Waals surface area contributed by atoms with E-state index in [1.54, 1.807) is 17.0 Å². The van der Waals surface area contributed by atoms with Gasteiger partial charge in [0.25, 0.3) is 5.91 Å². The predicted molar refractivity (Wildman–Crippen MR) is 86.8 cm³/mol. The molecule has 4 amide bonds. The van der Waals surface area contributed by atoms with Gasteiger partial charge in [0.1, 0.15) is 18.0 Å². The molecule has 1 aromatic rings. The number of rotatable bonds is 3. The van der Waals surface area contributed by atoms with E-state index in [9.17, 15) is 19.5 Å². The topological polar surface area (TPSA) is 90.0 Å². The zero-order valence-electron chi connectivity index (χ0n) is 13.2. The standard InChI is InChI=1S/C17H19N3O4/c21-13-6-4-12(5-7-13)10-14-16(23)20(17(24)18-14)11-15(22)19-8-2-1-3-9-19/h4-7,10,21H,1-3,8-9,11H2,(H,18,24)/b14-10-. The molecule has 7 nitrogen and oxygen atoms in total. The zero-order chi connectivity index (χ0) is 17.1. The van der Waals surface area contributed by atoms with Crippen molar-refractivity contribution < 1.29 is 19.5 Å². The molecule has 2 saturated heterocycles. The highest BCUT2D eigenvalue weighted by atomic mass is 16.3. The lowest BCUT2D eigenvalue weighted by Crippen LogP contribution is -2.44. The molecule has 2 aliphatic rings. The van der Waals surface area contributed by atoms with Gasteiger partial charge in [-0.3, -0.25) is 9.59 Å². The maximum atomic E-state index is 12.4. The Balaban J connectivity index is 1.69. The van der Waals surface area contributed by atoms with Crippen LogP contribution in [0.2, 0.25) is 0 Å². The first-order valence-corrected chi connectivity index (χ1v) is 7.96. The second-order valence-electron chi connectivity index (χ2n) is 5.91. The number of carbonyl (C=O) groups excluding carboxylic acids is 3. The van der Waals surface area contributed by atoms with Crippen molar-refractivity contribution in [3.8, 4) is 5.75 Å². The van der Waals surface area contributed by atoms with Gasteiger partial charge in [-0.1, -0.05) is 12.1 Å². The quantitative estimate of drug-likeness (QED) is 0.646. The minimum atomic E-state index is -0.588. The Morgan fingerprint density at radius 1 is 1.12 bits per heavy atom. The van der Waals surface area contributed by atoms with Gasteiger partial charge in [-0.05, 0) is 43.0 Å². The van der Waals surface area contributed by atoms with Crippen LogP contribution in [0.5, 0.6) is 5.75 Å². The van der Waals surface area contributed by atoms with E-state index in [0.717, 1.165) is 24.2 Å². The normalized spacial score (nSPS) is 19.8. The summed E-state index contributed by atoms with van der Waals surface area (Å²) in [5, 5.41) is 11.8. The van der Waals surface area contributed by atoms with Crippen molar-refractivity contribution in [1.29, 1.82) is 0 Å². The number of nitrogens with one attached hydrogen (secondary N) is 1. The van der Waals surface area contributed by atoms with Crippen molar-refractivity contribution in [1.82, 2.24) is 15.1 Å². The minimum Gasteiger partial charge on any atom is -0.508 e. The molecule has 0 aliphatic carbocycles. The maximum absolute atomic E-state index is 12.4. The van der Waals surface area contributed by atoms with E-state index in [4.69, 9.17) is 0 Å². The van der Waals surface area contributed by atoms with Crippen LogP contribution in [0, 0.1) is 0 Å². The first kappa shape index (κ1) is 16.0. The summed E-state index contributed by atoms with van der Waals surface area (Å²) in [6.45, 7) is 1.12. The molecule has 0 radical (unpaired) electrons. The van der Waals surface area contributed by atoms with Crippen LogP contribution >= 0.6 is 0 Å². The number of imide groups is 1. The number of hydrogen-bond acceptors (Lipinski definition) is 4. The van der Waals surface area contributed by atoms with Crippen LogP contribution in [0.15, 0.2) is 30.0 Å². The van der Waals surface area contributed by atoms with E-state index in [0.29, 0.717) is 18.7 Å². The number of nitrogens with zero attached hydrogens (tertiary/aromatic N) is 2. The predicted octanol–water partition coefficient (Wildman–Crippen LogP) is 1.30. The fourth-order valence-corrected chi connectivity index (χ4v) is 2.83. The van der Waals surface area contributed by atoms with Gasteiger partial charge >= 0.3 is 6.03 Å². The molecule has 0 spiro atoms. The summed E-state index contributed by atoms with van der Waals surface area (Å²) < 4.78 is 0. The fraction of sp³-hybridized carbons (Fsp3) is 0.353. The molecule has 7 heteroatoms. The molecule has 2 N–H and O–H groups in total. The average molecular weight is 329 g/mol. The van der Waals surface area contributed by atoms with Gasteiger partial charge in [0, 0.05) is 13.1 Å². The average Bonchev–Trinajstić information content (AvgIpc) is 2.85. The molecule has 0 bridgehead atoms. The molecule has 126 valence electrons. The summed E-state index contributed by atoms with van der Waals surface area (Å²) in [6, 6.07) is 5.65. The number of phenolic OH excluding ortho intramolecular Hbond substituents is 1. The third-order valence-electron chi connectivity index (χ3n) is 4.17. The Kier molecular flexibility index (Phi) is 4.50. The number of likely N-dealkylation sites (tertiary alicyclic amines) is 1. The highest BCUT2D eigenvalue weighted by Crippen LogP contribution is 2.17. The molecular formula is C17H19N3O4. The lowest BCUT2D eigenvalue weighted by Gasteiger charge is -2.27. The number of benzene rings is 1. The first-order valence-electron chi connectivity index (χ1n) is 7.96. The Hall–Kier alpha value is -2.83. The lowest BCUT2D eigenvalue weighted by molar-refractivity contribution is -0.136. The van der Waals surface area contributed by atoms with Gasteiger partial charge in [-0.15, -0.1) is 0 Å². The van der Waals surface area contributed by atoms with Crippen molar-refractivity contribution in [2.75, 3.05) is 19.6 Å². The number of carbonyl (C=O) groups is 3. The summed E-state index contributed by atoms with van der Waals surface area (Å²) in [5.74, 6) is -0.602. The van der Waals surface area contributed by atoms with E-state index >= 15 is 0 Å². The zero-order valence-corrected chi connectivity index (χ0v) is 13.2. The van der Waals surface area contributed by atoms with Crippen LogP contribution in [0.4, 0.5) is 4.79 Å². The Bertz CT molecular complexity index is 690. The number of phenols is 1. The third-order valence-corrected chi connectivity index (χ3v) is 4.17. The summed E-state index contributed by atoms with van der Waals surface area (Å²) in [7, 11) is 0. The van der Waals surface area contributed by atoms with Gasteiger partial charge in [-0.2, -0.15) is 0 Å². The smallest absolute Gasteiger partial charge is 0.329 e. The van der Waals surface area contributed by atoms with Crippen LogP contribution in [0.3, 0.4) is 0 Å². The monoisotopic (exact) mass is 329 g/mol. The summed E-state index contributed by atoms with van der Waals surface area (Å²) in [4.78, 5) is 39.2. The van der Waals surface area contributed by atoms with Crippen molar-refractivity contribution in [2.45, 2.75) is 19.3 Å². The third kappa shape index (κ3) is 3.40. The number of piperidine rings is 1. The maximum Gasteiger partial charge on any atom is 0.329 e. The van der Waals surface area contributed by atoms with Gasteiger partial charge in [0.15, 0.2) is 0 Å². The molecule has 24 heavy (non-hydrogen) atoms. The second kappa shape index (κ2) is 6.74. The summed E-state index contributed by atoms with van der Waals surface area (Å²) in [5.41, 5.74) is 0.790. The molecule has 0 aromatic heterocycles. The van der Waals surface area contributed by atoms with Gasteiger partial charge < -0.3 is 15.3 Å². The van der Waals surface area contributed by atoms with Gasteiger partial charge in [-0.25, -0.2) is 9.69 Å². The Morgan fingerprint density at radius 3 is 2.46 bits per heavy atom. The van der Waals surface area contributed by atoms with E-state index in [1.807, 2.05) is 0 Å². The Morgan fingerprint density at radius 2 is 1.79 bits per heavy atom. The number of urea groups is 1. The van der Waals surface area contributed by atoms with Crippen molar-refractivity contribution in [3.05, 3.63) is 35.5 Å². The van der Waals surface area contributed by atoms with Gasteiger partial charge in [0.05, 0.1) is 0 Å². The molecule has 3 rings (SSSR count). The van der Waals surface area contributed by atoms with Crippen LogP contribution in [-0.2, 0) is 9.59 Å². The fourth-order valence-electron chi connectivity index (χ4n) is 2.83. The molecule has 1 aromatic carbocycles. The van der Waals surface area contributed by atoms with E-state index < -0.39 is 11.9 Å². The largest absolute Gasteiger partial charge is 0.508 e. The van der Waals surface area contributed by atoms with Crippen molar-refractivity contribution in [2.24, 2.45) is 0 Å².